The number of amides is 1. The van der Waals surface area contributed by atoms with Crippen molar-refractivity contribution in [3.8, 4) is 0 Å². The number of carbonyl (C=O) groups is 1. The minimum atomic E-state index is -0.425. The van der Waals surface area contributed by atoms with Crippen LogP contribution in [0.4, 0.5) is 0 Å². The first-order valence-electron chi connectivity index (χ1n) is 2.46. The third-order valence-corrected chi connectivity index (χ3v) is 0.570. The van der Waals surface area contributed by atoms with Crippen molar-refractivity contribution in [3.63, 3.8) is 0 Å². The van der Waals surface area contributed by atoms with Crippen LogP contribution in [-0.4, -0.2) is 12.5 Å². The van der Waals surface area contributed by atoms with E-state index in [2.05, 4.69) is 5.32 Å². The topological polar surface area (TPSA) is 55.1 Å². The first-order valence-corrected chi connectivity index (χ1v) is 2.46. The lowest BCUT2D eigenvalue weighted by molar-refractivity contribution is -0.113. The highest BCUT2D eigenvalue weighted by Crippen LogP contribution is 1.62. The molecule has 0 saturated carbocycles. The van der Waals surface area contributed by atoms with Gasteiger partial charge in [-0.05, 0) is 6.92 Å². The number of carbonyl (C=O) groups excluding carboxylic acids is 1. The largest absolute Gasteiger partial charge is 0.391 e. The molecule has 0 rings (SSSR count). The van der Waals surface area contributed by atoms with Gasteiger partial charge in [0.15, 0.2) is 0 Å². The summed E-state index contributed by atoms with van der Waals surface area (Å²) in [6.07, 6.45) is 2.81. The van der Waals surface area contributed by atoms with Crippen LogP contribution in [0.2, 0.25) is 0 Å². The van der Waals surface area contributed by atoms with Crippen molar-refractivity contribution >= 4 is 5.91 Å². The van der Waals surface area contributed by atoms with Crippen molar-refractivity contribution in [1.29, 1.82) is 0 Å². The lowest BCUT2D eigenvalue weighted by Crippen LogP contribution is -2.09. The van der Waals surface area contributed by atoms with Gasteiger partial charge in [-0.25, -0.2) is 0 Å². The fourth-order valence-electron chi connectivity index (χ4n) is 0.259. The van der Waals surface area contributed by atoms with E-state index in [0.29, 0.717) is 0 Å². The number of nitrogens with one attached hydrogen (secondary N) is 1. The first kappa shape index (κ1) is 7.01. The predicted molar refractivity (Wildman–Crippen MR) is 32.0 cm³/mol. The van der Waals surface area contributed by atoms with Gasteiger partial charge in [0, 0.05) is 18.8 Å². The predicted octanol–water partition coefficient (Wildman–Crippen LogP) is -0.405. The number of nitrogens with two attached hydrogens (primary N) is 1. The van der Waals surface area contributed by atoms with Crippen LogP contribution in [-0.2, 0) is 4.79 Å². The number of hydrogen-bond donors (Lipinski definition) is 2. The molecule has 0 aliphatic heterocycles. The maximum atomic E-state index is 9.97. The van der Waals surface area contributed by atoms with Crippen molar-refractivity contribution in [2.24, 2.45) is 5.73 Å². The third kappa shape index (κ3) is 5.01. The molecule has 0 aromatic rings. The maximum absolute atomic E-state index is 9.97. The summed E-state index contributed by atoms with van der Waals surface area (Å²) < 4.78 is 0. The summed E-state index contributed by atoms with van der Waals surface area (Å²) in [7, 11) is 0. The van der Waals surface area contributed by atoms with Gasteiger partial charge in [0.2, 0.25) is 5.91 Å². The highest BCUT2D eigenvalue weighted by molar-refractivity contribution is 5.85. The number of hydrogen-bond acceptors (Lipinski definition) is 2. The number of primary amides is 1. The first-order chi connectivity index (χ1) is 3.77. The Morgan fingerprint density at radius 2 is 2.50 bits per heavy atom. The maximum Gasteiger partial charge on any atom is 0.242 e. The lowest BCUT2D eigenvalue weighted by atomic mass is 10.6. The lowest BCUT2D eigenvalue weighted by Gasteiger charge is -1.87. The van der Waals surface area contributed by atoms with Crippen LogP contribution < -0.4 is 11.1 Å². The molecule has 0 radical (unpaired) electrons. The normalized spacial score (nSPS) is 9.62. The van der Waals surface area contributed by atoms with E-state index in [-0.39, 0.29) is 0 Å². The van der Waals surface area contributed by atoms with Crippen molar-refractivity contribution in [2.45, 2.75) is 6.92 Å². The highest BCUT2D eigenvalue weighted by Gasteiger charge is 1.77. The minimum Gasteiger partial charge on any atom is -0.391 e. The summed E-state index contributed by atoms with van der Waals surface area (Å²) in [4.78, 5) is 9.97. The van der Waals surface area contributed by atoms with Gasteiger partial charge in [0.25, 0.3) is 0 Å². The second kappa shape index (κ2) is 4.18. The molecule has 46 valence electrons. The average Bonchev–Trinajstić information content (AvgIpc) is 1.66. The standard InChI is InChI=1S/C5H10N2O/c1-2-7-4-3-5(6)8/h3-4,7H,2H2,1H3,(H2,6,8)/b4-3+. The van der Waals surface area contributed by atoms with Gasteiger partial charge in [-0.3, -0.25) is 4.79 Å². The molecule has 3 N–H and O–H groups in total. The summed E-state index contributed by atoms with van der Waals surface area (Å²) in [5.41, 5.74) is 4.77. The second-order valence-electron chi connectivity index (χ2n) is 1.29. The van der Waals surface area contributed by atoms with Gasteiger partial charge in [0.05, 0.1) is 0 Å². The van der Waals surface area contributed by atoms with E-state index >= 15 is 0 Å². The Labute approximate surface area is 48.6 Å². The van der Waals surface area contributed by atoms with E-state index in [1.54, 1.807) is 0 Å². The Kier molecular flexibility index (Phi) is 3.66. The summed E-state index contributed by atoms with van der Waals surface area (Å²) in [5.74, 6) is -0.425. The third-order valence-electron chi connectivity index (χ3n) is 0.570. The van der Waals surface area contributed by atoms with E-state index in [0.717, 1.165) is 6.54 Å². The molecule has 0 bridgehead atoms. The van der Waals surface area contributed by atoms with Crippen molar-refractivity contribution in [3.05, 3.63) is 12.3 Å². The molecule has 0 aliphatic rings. The Balaban J connectivity index is 3.20. The smallest absolute Gasteiger partial charge is 0.242 e. The van der Waals surface area contributed by atoms with E-state index in [4.69, 9.17) is 5.73 Å². The van der Waals surface area contributed by atoms with Gasteiger partial charge < -0.3 is 11.1 Å². The van der Waals surface area contributed by atoms with Crippen LogP contribution in [0, 0.1) is 0 Å². The van der Waals surface area contributed by atoms with E-state index in [9.17, 15) is 4.79 Å². The van der Waals surface area contributed by atoms with Gasteiger partial charge in [-0.2, -0.15) is 0 Å². The SMILES string of the molecule is CCN/C=C/C(N)=O. The van der Waals surface area contributed by atoms with Crippen LogP contribution in [0.3, 0.4) is 0 Å². The molecular weight excluding hydrogens is 104 g/mol. The fourth-order valence-corrected chi connectivity index (χ4v) is 0.259. The zero-order chi connectivity index (χ0) is 6.41. The minimum absolute atomic E-state index is 0.425. The van der Waals surface area contributed by atoms with Crippen molar-refractivity contribution < 1.29 is 4.79 Å². The van der Waals surface area contributed by atoms with Crippen molar-refractivity contribution in [1.82, 2.24) is 5.32 Å². The number of rotatable bonds is 3. The Morgan fingerprint density at radius 3 is 2.88 bits per heavy atom. The summed E-state index contributed by atoms with van der Waals surface area (Å²) >= 11 is 0. The fraction of sp³-hybridized carbons (Fsp3) is 0.400. The zero-order valence-corrected chi connectivity index (χ0v) is 4.85. The van der Waals surface area contributed by atoms with E-state index in [1.807, 2.05) is 6.92 Å². The quantitative estimate of drug-likeness (QED) is 0.490. The van der Waals surface area contributed by atoms with Gasteiger partial charge in [-0.15, -0.1) is 0 Å². The monoisotopic (exact) mass is 114 g/mol. The van der Waals surface area contributed by atoms with Crippen molar-refractivity contribution in [2.75, 3.05) is 6.54 Å². The summed E-state index contributed by atoms with van der Waals surface area (Å²) in [6.45, 7) is 2.75. The molecule has 3 nitrogen and oxygen atoms in total. The molecule has 0 aromatic heterocycles. The molecular formula is C5H10N2O. The summed E-state index contributed by atoms with van der Waals surface area (Å²) in [6, 6.07) is 0. The molecule has 0 saturated heterocycles. The molecule has 3 heteroatoms. The molecule has 0 fully saturated rings. The molecule has 0 spiro atoms. The van der Waals surface area contributed by atoms with Gasteiger partial charge in [0.1, 0.15) is 0 Å². The Bertz CT molecular complexity index is 98.6. The van der Waals surface area contributed by atoms with E-state index < -0.39 is 5.91 Å². The van der Waals surface area contributed by atoms with Crippen LogP contribution in [0.5, 0.6) is 0 Å². The molecule has 0 heterocycles. The van der Waals surface area contributed by atoms with Crippen LogP contribution in [0.1, 0.15) is 6.92 Å². The molecule has 8 heavy (non-hydrogen) atoms. The van der Waals surface area contributed by atoms with Gasteiger partial charge >= 0.3 is 0 Å². The Morgan fingerprint density at radius 1 is 1.88 bits per heavy atom. The molecule has 0 unspecified atom stereocenters. The average molecular weight is 114 g/mol. The van der Waals surface area contributed by atoms with E-state index in [1.165, 1.54) is 12.3 Å². The van der Waals surface area contributed by atoms with Gasteiger partial charge in [-0.1, -0.05) is 0 Å². The molecule has 0 atom stereocenters. The molecule has 0 aliphatic carbocycles. The molecule has 1 amide bonds. The second-order valence-corrected chi connectivity index (χ2v) is 1.29. The van der Waals surface area contributed by atoms with Crippen LogP contribution in [0.15, 0.2) is 12.3 Å². The highest BCUT2D eigenvalue weighted by atomic mass is 16.1. The van der Waals surface area contributed by atoms with Crippen LogP contribution >= 0.6 is 0 Å². The molecule has 0 aromatic carbocycles. The summed E-state index contributed by atoms with van der Waals surface area (Å²) in [5, 5.41) is 2.80. The Hall–Kier alpha value is -0.990. The zero-order valence-electron chi connectivity index (χ0n) is 4.85. The van der Waals surface area contributed by atoms with Crippen LogP contribution in [0.25, 0.3) is 0 Å².